The molecular formula is CaLiNbYb. The van der Waals surface area contributed by atoms with Gasteiger partial charge in [0.15, 0.2) is 0 Å². The van der Waals surface area contributed by atoms with Gasteiger partial charge in [0.05, 0.1) is 0 Å². The van der Waals surface area contributed by atoms with Crippen molar-refractivity contribution in [2.24, 2.45) is 0 Å². The van der Waals surface area contributed by atoms with Crippen molar-refractivity contribution >= 4 is 56.6 Å². The van der Waals surface area contributed by atoms with Gasteiger partial charge in [-0.05, 0) is 0 Å². The van der Waals surface area contributed by atoms with Gasteiger partial charge in [0.25, 0.3) is 0 Å². The summed E-state index contributed by atoms with van der Waals surface area (Å²) in [5, 5.41) is 0. The Morgan fingerprint density at radius 3 is 1.00 bits per heavy atom. The molecule has 0 aliphatic rings. The molecule has 0 N–H and O–H groups in total. The summed E-state index contributed by atoms with van der Waals surface area (Å²) in [4.78, 5) is 0. The molecule has 0 aliphatic carbocycles. The van der Waals surface area contributed by atoms with Crippen molar-refractivity contribution in [2.45, 2.75) is 0 Å². The van der Waals surface area contributed by atoms with Gasteiger partial charge in [-0.25, -0.2) is 0 Å². The molecule has 0 saturated carbocycles. The second kappa shape index (κ2) is 15.7. The molecule has 0 amide bonds. The third-order valence-electron chi connectivity index (χ3n) is 0. The first-order valence-electron chi connectivity index (χ1n) is 0. The van der Waals surface area contributed by atoms with Gasteiger partial charge in [0.1, 0.15) is 0 Å². The Kier molecular flexibility index (Phi) is 95.3. The first-order valence-corrected chi connectivity index (χ1v) is 0. The van der Waals surface area contributed by atoms with Crippen LogP contribution in [0.1, 0.15) is 0 Å². The Bertz CT molecular complexity index is 8.00. The summed E-state index contributed by atoms with van der Waals surface area (Å²) >= 11 is 0. The Labute approximate surface area is 122 Å². The minimum atomic E-state index is 0. The smallest absolute Gasteiger partial charge is 0 e. The molecule has 0 aliphatic heterocycles. The molecular weight excluding hydrogens is 313 g/mol. The molecule has 4 radical (unpaired) electrons. The van der Waals surface area contributed by atoms with Gasteiger partial charge in [0, 0.05) is 126 Å². The molecule has 0 aromatic rings. The third kappa shape index (κ3) is 9.45. The van der Waals surface area contributed by atoms with Gasteiger partial charge in [-0.15, -0.1) is 0 Å². The Morgan fingerprint density at radius 1 is 1.00 bits per heavy atom. The van der Waals surface area contributed by atoms with Crippen molar-refractivity contribution in [3.8, 4) is 0 Å². The Balaban J connectivity index is 0. The molecule has 0 nitrogen and oxygen atoms in total. The van der Waals surface area contributed by atoms with Crippen molar-refractivity contribution in [1.29, 1.82) is 0 Å². The zero-order chi connectivity index (χ0) is 0. The maximum atomic E-state index is 0. The fourth-order valence-electron chi connectivity index (χ4n) is 0. The van der Waals surface area contributed by atoms with Gasteiger partial charge in [-0.1, -0.05) is 0 Å². The average Bonchev–Trinajstić information content (AvgIpc) is 0. The van der Waals surface area contributed by atoms with Crippen LogP contribution in [0, 0.1) is 46.9 Å². The van der Waals surface area contributed by atoms with Crippen LogP contribution in [0.5, 0.6) is 0 Å². The standard InChI is InChI=1S/Ca.Li.Nb.Yb. The first-order chi connectivity index (χ1) is 0. The van der Waals surface area contributed by atoms with Crippen molar-refractivity contribution in [1.82, 2.24) is 0 Å². The van der Waals surface area contributed by atoms with Gasteiger partial charge >= 0.3 is 0 Å². The summed E-state index contributed by atoms with van der Waals surface area (Å²) in [6.45, 7) is 0. The number of hydrogen-bond acceptors (Lipinski definition) is 0. The van der Waals surface area contributed by atoms with Gasteiger partial charge in [-0.3, -0.25) is 0 Å². The molecule has 0 rings (SSSR count). The summed E-state index contributed by atoms with van der Waals surface area (Å²) < 4.78 is 0. The maximum absolute atomic E-state index is 0. The van der Waals surface area contributed by atoms with Crippen LogP contribution in [0.15, 0.2) is 0 Å². The molecule has 0 bridgehead atoms. The van der Waals surface area contributed by atoms with Crippen LogP contribution in [0.3, 0.4) is 0 Å². The zero-order valence-corrected chi connectivity index (χ0v) is 8.54. The van der Waals surface area contributed by atoms with Crippen LogP contribution in [0.2, 0.25) is 0 Å². The van der Waals surface area contributed by atoms with E-state index in [1.165, 1.54) is 0 Å². The van der Waals surface area contributed by atoms with Gasteiger partial charge < -0.3 is 0 Å². The van der Waals surface area contributed by atoms with Crippen LogP contribution < -0.4 is 0 Å². The molecule has 0 heterocycles. The summed E-state index contributed by atoms with van der Waals surface area (Å²) in [7, 11) is 0. The fourth-order valence-corrected chi connectivity index (χ4v) is 0. The van der Waals surface area contributed by atoms with E-state index in [-0.39, 0.29) is 126 Å². The monoisotopic (exact) mass is 314 g/mol. The Morgan fingerprint density at radius 2 is 1.00 bits per heavy atom. The molecule has 0 aromatic carbocycles. The predicted octanol–water partition coefficient (Wildman–Crippen LogP) is -0.764. The number of rotatable bonds is 0. The molecule has 4 heteroatoms. The van der Waals surface area contributed by atoms with Crippen LogP contribution >= 0.6 is 0 Å². The van der Waals surface area contributed by atoms with Crippen LogP contribution in [-0.2, 0) is 22.4 Å². The van der Waals surface area contributed by atoms with Crippen molar-refractivity contribution in [2.75, 3.05) is 0 Å². The van der Waals surface area contributed by atoms with Crippen molar-refractivity contribution in [3.63, 3.8) is 0 Å². The van der Waals surface area contributed by atoms with E-state index in [0.29, 0.717) is 0 Å². The molecule has 22 valence electrons. The van der Waals surface area contributed by atoms with E-state index in [9.17, 15) is 0 Å². The van der Waals surface area contributed by atoms with E-state index in [1.807, 2.05) is 0 Å². The van der Waals surface area contributed by atoms with Crippen molar-refractivity contribution in [3.05, 3.63) is 0 Å². The molecule has 0 fully saturated rings. The van der Waals surface area contributed by atoms with E-state index in [0.717, 1.165) is 0 Å². The largest absolute Gasteiger partial charge is 0 e. The minimum Gasteiger partial charge on any atom is 0 e. The van der Waals surface area contributed by atoms with Crippen LogP contribution in [-0.4, -0.2) is 56.6 Å². The molecule has 0 aromatic heterocycles. The second-order valence-electron chi connectivity index (χ2n) is 0. The van der Waals surface area contributed by atoms with Crippen LogP contribution in [0.25, 0.3) is 0 Å². The van der Waals surface area contributed by atoms with Crippen LogP contribution in [0.4, 0.5) is 0 Å². The third-order valence-corrected chi connectivity index (χ3v) is 0. The van der Waals surface area contributed by atoms with Gasteiger partial charge in [0.2, 0.25) is 0 Å². The number of hydrogen-bond donors (Lipinski definition) is 0. The summed E-state index contributed by atoms with van der Waals surface area (Å²) in [5.41, 5.74) is 0. The maximum Gasteiger partial charge on any atom is 0 e. The normalized spacial score (nSPS) is 0. The Hall–Kier alpha value is 4.12. The fraction of sp³-hybridized carbons (Fsp3) is 0. The van der Waals surface area contributed by atoms with Gasteiger partial charge in [-0.2, -0.15) is 0 Å². The summed E-state index contributed by atoms with van der Waals surface area (Å²) in [5.74, 6) is 0. The predicted molar refractivity (Wildman–Crippen MR) is 11.5 cm³/mol. The van der Waals surface area contributed by atoms with E-state index in [4.69, 9.17) is 0 Å². The summed E-state index contributed by atoms with van der Waals surface area (Å²) in [6, 6.07) is 0. The minimum absolute atomic E-state index is 0. The van der Waals surface area contributed by atoms with E-state index in [1.54, 1.807) is 0 Å². The van der Waals surface area contributed by atoms with E-state index < -0.39 is 0 Å². The molecule has 4 heavy (non-hydrogen) atoms. The van der Waals surface area contributed by atoms with Crippen molar-refractivity contribution < 1.29 is 69.3 Å². The SMILES string of the molecule is [Ca].[Li].[Nb].[Yb]. The average molecular weight is 313 g/mol. The second-order valence-corrected chi connectivity index (χ2v) is 0. The quantitative estimate of drug-likeness (QED) is 0.516. The summed E-state index contributed by atoms with van der Waals surface area (Å²) in [6.07, 6.45) is 0. The van der Waals surface area contributed by atoms with E-state index >= 15 is 0 Å². The topological polar surface area (TPSA) is 0 Å². The zero-order valence-electron chi connectivity index (χ0n) is 2.42. The van der Waals surface area contributed by atoms with E-state index in [2.05, 4.69) is 0 Å². The molecule has 0 atom stereocenters. The first kappa shape index (κ1) is 24.3. The molecule has 0 unspecified atom stereocenters. The molecule has 0 spiro atoms. The molecule has 0 saturated heterocycles.